The second-order valence-electron chi connectivity index (χ2n) is 4.36. The molecule has 2 N–H and O–H groups in total. The Morgan fingerprint density at radius 1 is 1.46 bits per heavy atom. The summed E-state index contributed by atoms with van der Waals surface area (Å²) in [5, 5.41) is 0. The molecule has 1 saturated carbocycles. The lowest BCUT2D eigenvalue weighted by atomic mass is 9.70. The minimum Gasteiger partial charge on any atom is -0.329 e. The largest absolute Gasteiger partial charge is 0.329 e. The Hall–Kier alpha value is -0.480. The van der Waals surface area contributed by atoms with Crippen molar-refractivity contribution in [2.24, 2.45) is 17.1 Å². The van der Waals surface area contributed by atoms with Crippen LogP contribution in [0, 0.1) is 23.7 Å². The number of nitrogens with two attached hydrogens (primary N) is 1. The zero-order valence-corrected chi connectivity index (χ0v) is 8.68. The summed E-state index contributed by atoms with van der Waals surface area (Å²) in [6.45, 7) is 2.92. The van der Waals surface area contributed by atoms with Crippen LogP contribution >= 0.6 is 0 Å². The Balaban J connectivity index is 2.42. The van der Waals surface area contributed by atoms with Crippen LogP contribution in [0.2, 0.25) is 0 Å². The summed E-state index contributed by atoms with van der Waals surface area (Å²) in [6.07, 6.45) is 13.1. The summed E-state index contributed by atoms with van der Waals surface area (Å²) < 4.78 is 0. The molecule has 0 bridgehead atoms. The van der Waals surface area contributed by atoms with Gasteiger partial charge >= 0.3 is 0 Å². The lowest BCUT2D eigenvalue weighted by Gasteiger charge is -2.35. The Labute approximate surface area is 82.1 Å². The molecule has 1 aliphatic carbocycles. The van der Waals surface area contributed by atoms with Crippen molar-refractivity contribution in [3.05, 3.63) is 0 Å². The van der Waals surface area contributed by atoms with Crippen molar-refractivity contribution >= 4 is 0 Å². The van der Waals surface area contributed by atoms with E-state index in [1.807, 2.05) is 0 Å². The Kier molecular flexibility index (Phi) is 3.81. The minimum absolute atomic E-state index is 0.0459. The van der Waals surface area contributed by atoms with E-state index in [2.05, 4.69) is 12.8 Å². The van der Waals surface area contributed by atoms with Gasteiger partial charge in [0.05, 0.1) is 0 Å². The zero-order valence-electron chi connectivity index (χ0n) is 8.68. The molecule has 0 aromatic heterocycles. The molecule has 1 nitrogen and oxygen atoms in total. The molecule has 0 unspecified atom stereocenters. The molecule has 0 spiro atoms. The van der Waals surface area contributed by atoms with Crippen molar-refractivity contribution in [3.63, 3.8) is 0 Å². The molecule has 0 atom stereocenters. The third-order valence-corrected chi connectivity index (χ3v) is 3.46. The predicted octanol–water partition coefficient (Wildman–Crippen LogP) is 2.56. The minimum atomic E-state index is 0.0459. The number of terminal acetylenes is 1. The molecule has 0 aromatic carbocycles. The van der Waals surface area contributed by atoms with Crippen molar-refractivity contribution in [3.8, 4) is 12.3 Å². The molecule has 0 aliphatic heterocycles. The standard InChI is InChI=1S/C12H21N/c1-3-5-11-6-8-12(4-2,10-13)9-7-11/h2,11H,3,5-10,13H2,1H3. The smallest absolute Gasteiger partial charge is 0.0434 e. The van der Waals surface area contributed by atoms with E-state index < -0.39 is 0 Å². The maximum atomic E-state index is 5.73. The van der Waals surface area contributed by atoms with E-state index in [9.17, 15) is 0 Å². The highest BCUT2D eigenvalue weighted by atomic mass is 14.6. The van der Waals surface area contributed by atoms with E-state index in [-0.39, 0.29) is 5.41 Å². The van der Waals surface area contributed by atoms with Crippen LogP contribution in [-0.4, -0.2) is 6.54 Å². The number of hydrogen-bond acceptors (Lipinski definition) is 1. The first-order chi connectivity index (χ1) is 6.26. The second kappa shape index (κ2) is 4.67. The number of hydrogen-bond donors (Lipinski definition) is 1. The van der Waals surface area contributed by atoms with Crippen LogP contribution in [0.25, 0.3) is 0 Å². The first kappa shape index (κ1) is 10.6. The third-order valence-electron chi connectivity index (χ3n) is 3.46. The van der Waals surface area contributed by atoms with Gasteiger partial charge < -0.3 is 5.73 Å². The van der Waals surface area contributed by atoms with Gasteiger partial charge in [-0.05, 0) is 31.6 Å². The van der Waals surface area contributed by atoms with Crippen LogP contribution in [-0.2, 0) is 0 Å². The molecule has 1 fully saturated rings. The molecule has 0 amide bonds. The highest BCUT2D eigenvalue weighted by Crippen LogP contribution is 2.39. The van der Waals surface area contributed by atoms with Gasteiger partial charge in [0.1, 0.15) is 0 Å². The van der Waals surface area contributed by atoms with Crippen molar-refractivity contribution < 1.29 is 0 Å². The van der Waals surface area contributed by atoms with Gasteiger partial charge in [0, 0.05) is 12.0 Å². The van der Waals surface area contributed by atoms with E-state index in [0.29, 0.717) is 6.54 Å². The highest BCUT2D eigenvalue weighted by Gasteiger charge is 2.31. The fourth-order valence-electron chi connectivity index (χ4n) is 2.33. The molecule has 0 aromatic rings. The molecule has 1 rings (SSSR count). The van der Waals surface area contributed by atoms with Crippen molar-refractivity contribution in [2.75, 3.05) is 6.54 Å². The van der Waals surface area contributed by atoms with Crippen LogP contribution in [0.1, 0.15) is 45.4 Å². The Morgan fingerprint density at radius 3 is 2.46 bits per heavy atom. The average Bonchev–Trinajstić information content (AvgIpc) is 2.20. The molecule has 1 heteroatoms. The monoisotopic (exact) mass is 179 g/mol. The van der Waals surface area contributed by atoms with Crippen molar-refractivity contribution in [1.29, 1.82) is 0 Å². The Bertz CT molecular complexity index is 182. The third kappa shape index (κ3) is 2.48. The maximum Gasteiger partial charge on any atom is 0.0434 e. The topological polar surface area (TPSA) is 26.0 Å². The van der Waals surface area contributed by atoms with E-state index in [1.165, 1.54) is 25.7 Å². The molecule has 1 aliphatic rings. The molecule has 13 heavy (non-hydrogen) atoms. The van der Waals surface area contributed by atoms with Gasteiger partial charge in [-0.15, -0.1) is 6.42 Å². The summed E-state index contributed by atoms with van der Waals surface area (Å²) in [7, 11) is 0. The van der Waals surface area contributed by atoms with Gasteiger partial charge in [-0.1, -0.05) is 25.7 Å². The molecular weight excluding hydrogens is 158 g/mol. The molecular formula is C12H21N. The van der Waals surface area contributed by atoms with Gasteiger partial charge in [-0.25, -0.2) is 0 Å². The van der Waals surface area contributed by atoms with Crippen molar-refractivity contribution in [2.45, 2.75) is 45.4 Å². The summed E-state index contributed by atoms with van der Waals surface area (Å²) in [4.78, 5) is 0. The summed E-state index contributed by atoms with van der Waals surface area (Å²) in [5.74, 6) is 3.82. The summed E-state index contributed by atoms with van der Waals surface area (Å²) in [5.41, 5.74) is 5.77. The number of rotatable bonds is 3. The van der Waals surface area contributed by atoms with Crippen LogP contribution in [0.5, 0.6) is 0 Å². The van der Waals surface area contributed by atoms with Crippen LogP contribution in [0.3, 0.4) is 0 Å². The van der Waals surface area contributed by atoms with E-state index in [1.54, 1.807) is 0 Å². The molecule has 0 heterocycles. The Morgan fingerprint density at radius 2 is 2.08 bits per heavy atom. The van der Waals surface area contributed by atoms with Gasteiger partial charge in [0.15, 0.2) is 0 Å². The lowest BCUT2D eigenvalue weighted by molar-refractivity contribution is 0.211. The fraction of sp³-hybridized carbons (Fsp3) is 0.833. The van der Waals surface area contributed by atoms with Crippen molar-refractivity contribution in [1.82, 2.24) is 0 Å². The molecule has 0 saturated heterocycles. The fourth-order valence-corrected chi connectivity index (χ4v) is 2.33. The normalized spacial score (nSPS) is 34.1. The van der Waals surface area contributed by atoms with E-state index >= 15 is 0 Å². The first-order valence-corrected chi connectivity index (χ1v) is 5.44. The molecule has 0 radical (unpaired) electrons. The first-order valence-electron chi connectivity index (χ1n) is 5.44. The molecule has 74 valence electrons. The van der Waals surface area contributed by atoms with Gasteiger partial charge in [0.25, 0.3) is 0 Å². The maximum absolute atomic E-state index is 5.73. The summed E-state index contributed by atoms with van der Waals surface area (Å²) >= 11 is 0. The van der Waals surface area contributed by atoms with Gasteiger partial charge in [-0.2, -0.15) is 0 Å². The van der Waals surface area contributed by atoms with E-state index in [0.717, 1.165) is 18.8 Å². The van der Waals surface area contributed by atoms with Crippen LogP contribution < -0.4 is 5.73 Å². The highest BCUT2D eigenvalue weighted by molar-refractivity contribution is 5.08. The summed E-state index contributed by atoms with van der Waals surface area (Å²) in [6, 6.07) is 0. The van der Waals surface area contributed by atoms with E-state index in [4.69, 9.17) is 12.2 Å². The zero-order chi connectivity index (χ0) is 9.73. The van der Waals surface area contributed by atoms with Crippen LogP contribution in [0.15, 0.2) is 0 Å². The quantitative estimate of drug-likeness (QED) is 0.662. The van der Waals surface area contributed by atoms with Gasteiger partial charge in [0.2, 0.25) is 0 Å². The second-order valence-corrected chi connectivity index (χ2v) is 4.36. The van der Waals surface area contributed by atoms with Gasteiger partial charge in [-0.3, -0.25) is 0 Å². The lowest BCUT2D eigenvalue weighted by Crippen LogP contribution is -2.33. The predicted molar refractivity (Wildman–Crippen MR) is 57.2 cm³/mol. The van der Waals surface area contributed by atoms with Crippen LogP contribution in [0.4, 0.5) is 0 Å². The average molecular weight is 179 g/mol. The SMILES string of the molecule is C#CC1(CN)CCC(CCC)CC1.